The quantitative estimate of drug-likeness (QED) is 0.489. The fourth-order valence-electron chi connectivity index (χ4n) is 4.03. The van der Waals surface area contributed by atoms with Gasteiger partial charge in [0.2, 0.25) is 0 Å². The van der Waals surface area contributed by atoms with Gasteiger partial charge in [0.25, 0.3) is 11.5 Å². The first-order chi connectivity index (χ1) is 17.9. The van der Waals surface area contributed by atoms with E-state index in [4.69, 9.17) is 33.7 Å². The molecule has 2 amide bonds. The molecule has 0 radical (unpaired) electrons. The Bertz CT molecular complexity index is 1450. The summed E-state index contributed by atoms with van der Waals surface area (Å²) in [6, 6.07) is 4.22. The zero-order valence-electron chi connectivity index (χ0n) is 21.4. The number of hydrogen-bond donors (Lipinski definition) is 2. The van der Waals surface area contributed by atoms with Crippen LogP contribution in [0.25, 0.3) is 10.9 Å². The average Bonchev–Trinajstić information content (AvgIpc) is 2.84. The largest absolute Gasteiger partial charge is 0.444 e. The minimum Gasteiger partial charge on any atom is -0.444 e. The van der Waals surface area contributed by atoms with Crippen molar-refractivity contribution in [1.82, 2.24) is 29.8 Å². The smallest absolute Gasteiger partial charge is 0.410 e. The number of rotatable bonds is 4. The van der Waals surface area contributed by atoms with E-state index < -0.39 is 29.2 Å². The molecule has 1 aromatic carbocycles. The molecule has 0 spiro atoms. The van der Waals surface area contributed by atoms with Crippen LogP contribution in [0.1, 0.15) is 50.0 Å². The number of anilines is 1. The van der Waals surface area contributed by atoms with Crippen molar-refractivity contribution in [3.63, 3.8) is 0 Å². The van der Waals surface area contributed by atoms with E-state index in [9.17, 15) is 14.4 Å². The SMILES string of the molecule is CC(NC(=O)c1nc(Cl)cnc1N)c1nc2cccc(Cl)c2c(=O)n1N1CCN(C(=O)OC(C)(C)C)CC1. The van der Waals surface area contributed by atoms with Crippen LogP contribution in [0.15, 0.2) is 29.2 Å². The number of ether oxygens (including phenoxy) is 1. The van der Waals surface area contributed by atoms with E-state index in [0.29, 0.717) is 31.7 Å². The maximum atomic E-state index is 13.8. The molecule has 0 aliphatic carbocycles. The van der Waals surface area contributed by atoms with Crippen molar-refractivity contribution in [1.29, 1.82) is 0 Å². The molecule has 1 atom stereocenters. The summed E-state index contributed by atoms with van der Waals surface area (Å²) in [5.74, 6) is -0.461. The highest BCUT2D eigenvalue weighted by Gasteiger charge is 2.30. The van der Waals surface area contributed by atoms with Gasteiger partial charge in [-0.05, 0) is 39.8 Å². The minimum absolute atomic E-state index is 0.00948. The van der Waals surface area contributed by atoms with Gasteiger partial charge in [-0.2, -0.15) is 0 Å². The molecule has 0 bridgehead atoms. The number of carbonyl (C=O) groups excluding carboxylic acids is 2. The molecule has 0 saturated carbocycles. The zero-order valence-corrected chi connectivity index (χ0v) is 22.9. The molecular formula is C24H28Cl2N8O4. The summed E-state index contributed by atoms with van der Waals surface area (Å²) in [7, 11) is 0. The standard InChI is InChI=1S/C24H28Cl2N8O4/c1-13(29-21(35)18-19(27)28-12-16(26)31-18)20-30-15-7-5-6-14(25)17(15)22(36)34(20)33-10-8-32(9-11-33)23(37)38-24(2,3)4/h5-7,12-13H,8-11H2,1-4H3,(H2,27,28)(H,29,35). The number of hydrogen-bond acceptors (Lipinski definition) is 9. The summed E-state index contributed by atoms with van der Waals surface area (Å²) in [6.07, 6.45) is 0.811. The summed E-state index contributed by atoms with van der Waals surface area (Å²) in [4.78, 5) is 53.3. The number of fused-ring (bicyclic) bond motifs is 1. The van der Waals surface area contributed by atoms with Crippen molar-refractivity contribution in [3.05, 3.63) is 56.4 Å². The number of benzene rings is 1. The molecule has 2 aromatic heterocycles. The fraction of sp³-hybridized carbons (Fsp3) is 0.417. The summed E-state index contributed by atoms with van der Waals surface area (Å²) in [6.45, 7) is 8.35. The van der Waals surface area contributed by atoms with Crippen LogP contribution in [0, 0.1) is 0 Å². The molecule has 1 aliphatic heterocycles. The lowest BCUT2D eigenvalue weighted by molar-refractivity contribution is 0.0231. The number of piperazine rings is 1. The Kier molecular flexibility index (Phi) is 7.65. The number of nitrogens with one attached hydrogen (secondary N) is 1. The van der Waals surface area contributed by atoms with E-state index in [1.165, 1.54) is 10.9 Å². The summed E-state index contributed by atoms with van der Waals surface area (Å²) in [5.41, 5.74) is 5.02. The van der Waals surface area contributed by atoms with Gasteiger partial charge in [0, 0.05) is 13.1 Å². The molecule has 12 nitrogen and oxygen atoms in total. The van der Waals surface area contributed by atoms with Crippen molar-refractivity contribution in [3.8, 4) is 0 Å². The molecule has 3 N–H and O–H groups in total. The number of nitrogen functional groups attached to an aromatic ring is 1. The third-order valence-corrected chi connectivity index (χ3v) is 6.26. The Balaban J connectivity index is 1.68. The fourth-order valence-corrected chi connectivity index (χ4v) is 4.41. The first kappa shape index (κ1) is 27.4. The van der Waals surface area contributed by atoms with Gasteiger partial charge in [-0.25, -0.2) is 24.4 Å². The maximum Gasteiger partial charge on any atom is 0.410 e. The van der Waals surface area contributed by atoms with Crippen LogP contribution < -0.4 is 21.6 Å². The highest BCUT2D eigenvalue weighted by Crippen LogP contribution is 2.22. The maximum absolute atomic E-state index is 13.8. The van der Waals surface area contributed by atoms with Gasteiger partial charge in [-0.3, -0.25) is 9.59 Å². The lowest BCUT2D eigenvalue weighted by Gasteiger charge is -2.38. The topological polar surface area (TPSA) is 149 Å². The van der Waals surface area contributed by atoms with Crippen LogP contribution in [0.3, 0.4) is 0 Å². The van der Waals surface area contributed by atoms with Gasteiger partial charge in [-0.1, -0.05) is 29.3 Å². The number of carbonyl (C=O) groups is 2. The predicted molar refractivity (Wildman–Crippen MR) is 144 cm³/mol. The van der Waals surface area contributed by atoms with Crippen LogP contribution in [0.4, 0.5) is 10.6 Å². The molecule has 3 aromatic rings. The Morgan fingerprint density at radius 2 is 1.82 bits per heavy atom. The van der Waals surface area contributed by atoms with Crippen molar-refractivity contribution in [2.45, 2.75) is 39.3 Å². The van der Waals surface area contributed by atoms with Gasteiger partial charge in [-0.15, -0.1) is 0 Å². The third-order valence-electron chi connectivity index (χ3n) is 5.76. The van der Waals surface area contributed by atoms with Gasteiger partial charge in [0.1, 0.15) is 10.8 Å². The zero-order chi connectivity index (χ0) is 27.8. The van der Waals surface area contributed by atoms with E-state index >= 15 is 0 Å². The van der Waals surface area contributed by atoms with Crippen molar-refractivity contribution in [2.75, 3.05) is 36.9 Å². The van der Waals surface area contributed by atoms with Crippen LogP contribution in [0.5, 0.6) is 0 Å². The van der Waals surface area contributed by atoms with Gasteiger partial charge in [0.05, 0.1) is 41.3 Å². The highest BCUT2D eigenvalue weighted by atomic mass is 35.5. The number of amides is 2. The molecule has 38 heavy (non-hydrogen) atoms. The molecule has 1 saturated heterocycles. The highest BCUT2D eigenvalue weighted by molar-refractivity contribution is 6.35. The minimum atomic E-state index is -0.761. The van der Waals surface area contributed by atoms with Crippen LogP contribution in [0.2, 0.25) is 10.2 Å². The van der Waals surface area contributed by atoms with Crippen LogP contribution in [-0.4, -0.2) is 68.3 Å². The molecule has 4 rings (SSSR count). The second-order valence-electron chi connectivity index (χ2n) is 9.76. The van der Waals surface area contributed by atoms with Crippen LogP contribution in [-0.2, 0) is 4.74 Å². The molecule has 3 heterocycles. The molecule has 1 aliphatic rings. The lowest BCUT2D eigenvalue weighted by Crippen LogP contribution is -2.57. The van der Waals surface area contributed by atoms with E-state index in [1.807, 2.05) is 0 Å². The van der Waals surface area contributed by atoms with Gasteiger partial charge >= 0.3 is 6.09 Å². The summed E-state index contributed by atoms with van der Waals surface area (Å²) >= 11 is 12.3. The summed E-state index contributed by atoms with van der Waals surface area (Å²) < 4.78 is 6.87. The van der Waals surface area contributed by atoms with Gasteiger partial charge < -0.3 is 25.7 Å². The van der Waals surface area contributed by atoms with E-state index in [2.05, 4.69) is 20.3 Å². The van der Waals surface area contributed by atoms with Crippen LogP contribution >= 0.6 is 23.2 Å². The number of halogens is 2. The van der Waals surface area contributed by atoms with E-state index in [1.54, 1.807) is 55.8 Å². The third kappa shape index (κ3) is 5.76. The molecule has 1 unspecified atom stereocenters. The van der Waals surface area contributed by atoms with Crippen molar-refractivity contribution >= 4 is 51.9 Å². The Morgan fingerprint density at radius 3 is 2.47 bits per heavy atom. The molecule has 1 fully saturated rings. The Morgan fingerprint density at radius 1 is 1.13 bits per heavy atom. The molecule has 202 valence electrons. The normalized spacial score (nSPS) is 14.9. The lowest BCUT2D eigenvalue weighted by atomic mass is 10.2. The predicted octanol–water partition coefficient (Wildman–Crippen LogP) is 2.76. The second-order valence-corrected chi connectivity index (χ2v) is 10.6. The average molecular weight is 563 g/mol. The van der Waals surface area contributed by atoms with Crippen molar-refractivity contribution < 1.29 is 14.3 Å². The van der Waals surface area contributed by atoms with Gasteiger partial charge in [0.15, 0.2) is 17.3 Å². The Hall–Kier alpha value is -3.64. The van der Waals surface area contributed by atoms with E-state index in [-0.39, 0.29) is 32.9 Å². The van der Waals surface area contributed by atoms with E-state index in [0.717, 1.165) is 0 Å². The Labute approximate surface area is 228 Å². The second kappa shape index (κ2) is 10.6. The monoisotopic (exact) mass is 562 g/mol. The molecule has 14 heteroatoms. The summed E-state index contributed by atoms with van der Waals surface area (Å²) in [5, 5.41) is 5.05. The number of nitrogens with two attached hydrogens (primary N) is 1. The number of nitrogens with zero attached hydrogens (tertiary/aromatic N) is 6. The first-order valence-electron chi connectivity index (χ1n) is 11.9. The molecular weight excluding hydrogens is 535 g/mol. The van der Waals surface area contributed by atoms with Crippen molar-refractivity contribution in [2.24, 2.45) is 0 Å². The first-order valence-corrected chi connectivity index (χ1v) is 12.6. The number of aromatic nitrogens is 4.